The van der Waals surface area contributed by atoms with Gasteiger partial charge in [-0.15, -0.1) is 0 Å². The monoisotopic (exact) mass is 372 g/mol. The Morgan fingerprint density at radius 3 is 2.19 bits per heavy atom. The average molecular weight is 372 g/mol. The standard InChI is InChI=1S/C21H24O6/c1-24-18-8-5-12(9-17(18)23)15-10-13(22)6-7-14-16(15)11-19(25-2)21(27-4)20(14)26-3/h5,8-11,13,22-23H,6-7H2,1-4H3/t13-/m0/s1. The van der Waals surface area contributed by atoms with Crippen molar-refractivity contribution in [2.24, 2.45) is 0 Å². The van der Waals surface area contributed by atoms with Crippen LogP contribution in [0.2, 0.25) is 0 Å². The number of ether oxygens (including phenoxy) is 4. The fraction of sp³-hybridized carbons (Fsp3) is 0.333. The maximum atomic E-state index is 10.4. The van der Waals surface area contributed by atoms with Gasteiger partial charge in [0, 0.05) is 5.56 Å². The molecule has 1 aliphatic rings. The summed E-state index contributed by atoms with van der Waals surface area (Å²) in [4.78, 5) is 0. The van der Waals surface area contributed by atoms with Crippen LogP contribution in [-0.2, 0) is 6.42 Å². The summed E-state index contributed by atoms with van der Waals surface area (Å²) in [6.07, 6.45) is 2.32. The summed E-state index contributed by atoms with van der Waals surface area (Å²) in [5, 5.41) is 20.6. The molecule has 0 saturated heterocycles. The summed E-state index contributed by atoms with van der Waals surface area (Å²) in [5.74, 6) is 2.06. The minimum atomic E-state index is -0.627. The first kappa shape index (κ1) is 18.9. The fourth-order valence-electron chi connectivity index (χ4n) is 3.47. The van der Waals surface area contributed by atoms with Crippen molar-refractivity contribution in [3.05, 3.63) is 47.0 Å². The van der Waals surface area contributed by atoms with Gasteiger partial charge in [-0.1, -0.05) is 6.07 Å². The molecule has 1 atom stereocenters. The van der Waals surface area contributed by atoms with Crippen LogP contribution in [-0.4, -0.2) is 44.8 Å². The number of methoxy groups -OCH3 is 4. The molecule has 0 amide bonds. The van der Waals surface area contributed by atoms with Gasteiger partial charge < -0.3 is 29.2 Å². The quantitative estimate of drug-likeness (QED) is 0.840. The zero-order valence-electron chi connectivity index (χ0n) is 15.9. The first-order chi connectivity index (χ1) is 13.0. The van der Waals surface area contributed by atoms with Crippen molar-refractivity contribution in [3.8, 4) is 28.7 Å². The molecule has 0 unspecified atom stereocenters. The number of fused-ring (bicyclic) bond motifs is 1. The molecule has 0 radical (unpaired) electrons. The lowest BCUT2D eigenvalue weighted by molar-refractivity contribution is 0.214. The van der Waals surface area contributed by atoms with Gasteiger partial charge >= 0.3 is 0 Å². The topological polar surface area (TPSA) is 77.4 Å². The normalized spacial score (nSPS) is 16.0. The van der Waals surface area contributed by atoms with E-state index in [2.05, 4.69) is 0 Å². The van der Waals surface area contributed by atoms with Crippen LogP contribution < -0.4 is 18.9 Å². The van der Waals surface area contributed by atoms with Crippen molar-refractivity contribution in [2.45, 2.75) is 18.9 Å². The Bertz CT molecular complexity index is 871. The third-order valence-corrected chi connectivity index (χ3v) is 4.76. The van der Waals surface area contributed by atoms with Crippen molar-refractivity contribution in [1.82, 2.24) is 0 Å². The lowest BCUT2D eigenvalue weighted by atomic mass is 9.92. The van der Waals surface area contributed by atoms with Crippen LogP contribution in [0.5, 0.6) is 28.7 Å². The van der Waals surface area contributed by atoms with E-state index < -0.39 is 6.10 Å². The Labute approximate surface area is 158 Å². The van der Waals surface area contributed by atoms with Gasteiger partial charge in [-0.05, 0) is 53.8 Å². The van der Waals surface area contributed by atoms with Crippen LogP contribution in [0.1, 0.15) is 23.1 Å². The van der Waals surface area contributed by atoms with E-state index in [1.807, 2.05) is 12.1 Å². The van der Waals surface area contributed by atoms with Gasteiger partial charge in [-0.2, -0.15) is 0 Å². The van der Waals surface area contributed by atoms with Gasteiger partial charge in [-0.3, -0.25) is 0 Å². The Balaban J connectivity index is 2.26. The van der Waals surface area contributed by atoms with Crippen LogP contribution in [0, 0.1) is 0 Å². The zero-order chi connectivity index (χ0) is 19.6. The molecule has 0 aliphatic heterocycles. The fourth-order valence-corrected chi connectivity index (χ4v) is 3.47. The van der Waals surface area contributed by atoms with E-state index in [4.69, 9.17) is 18.9 Å². The van der Waals surface area contributed by atoms with E-state index in [9.17, 15) is 10.2 Å². The van der Waals surface area contributed by atoms with Crippen molar-refractivity contribution < 1.29 is 29.2 Å². The molecule has 0 spiro atoms. The van der Waals surface area contributed by atoms with Crippen LogP contribution in [0.3, 0.4) is 0 Å². The van der Waals surface area contributed by atoms with Gasteiger partial charge in [0.05, 0.1) is 34.5 Å². The average Bonchev–Trinajstić information content (AvgIpc) is 2.85. The number of aromatic hydroxyl groups is 1. The third-order valence-electron chi connectivity index (χ3n) is 4.76. The Kier molecular flexibility index (Phi) is 5.46. The highest BCUT2D eigenvalue weighted by Crippen LogP contribution is 2.47. The second-order valence-corrected chi connectivity index (χ2v) is 6.24. The molecule has 2 aromatic carbocycles. The van der Waals surface area contributed by atoms with E-state index in [1.165, 1.54) is 7.11 Å². The smallest absolute Gasteiger partial charge is 0.203 e. The highest BCUT2D eigenvalue weighted by atomic mass is 16.5. The molecule has 27 heavy (non-hydrogen) atoms. The maximum absolute atomic E-state index is 10.4. The summed E-state index contributed by atoms with van der Waals surface area (Å²) in [5.41, 5.74) is 3.33. The first-order valence-electron chi connectivity index (χ1n) is 8.63. The summed E-state index contributed by atoms with van der Waals surface area (Å²) >= 11 is 0. The van der Waals surface area contributed by atoms with Crippen LogP contribution >= 0.6 is 0 Å². The Hall–Kier alpha value is -2.86. The van der Waals surface area contributed by atoms with Gasteiger partial charge in [0.25, 0.3) is 0 Å². The van der Waals surface area contributed by atoms with Crippen molar-refractivity contribution in [2.75, 3.05) is 28.4 Å². The number of hydrogen-bond donors (Lipinski definition) is 2. The molecule has 6 heteroatoms. The minimum absolute atomic E-state index is 0.0311. The van der Waals surface area contributed by atoms with E-state index in [0.29, 0.717) is 35.8 Å². The van der Waals surface area contributed by atoms with Crippen LogP contribution in [0.4, 0.5) is 0 Å². The third kappa shape index (κ3) is 3.40. The van der Waals surface area contributed by atoms with E-state index in [1.54, 1.807) is 39.5 Å². The van der Waals surface area contributed by atoms with E-state index in [0.717, 1.165) is 22.3 Å². The molecule has 3 rings (SSSR count). The molecule has 2 N–H and O–H groups in total. The van der Waals surface area contributed by atoms with Crippen LogP contribution in [0.15, 0.2) is 30.3 Å². The number of rotatable bonds is 5. The maximum Gasteiger partial charge on any atom is 0.203 e. The van der Waals surface area contributed by atoms with Crippen molar-refractivity contribution in [1.29, 1.82) is 0 Å². The molecule has 0 bridgehead atoms. The highest BCUT2D eigenvalue weighted by Gasteiger charge is 2.26. The Morgan fingerprint density at radius 1 is 0.889 bits per heavy atom. The Morgan fingerprint density at radius 2 is 1.59 bits per heavy atom. The molecule has 144 valence electrons. The predicted molar refractivity (Wildman–Crippen MR) is 102 cm³/mol. The van der Waals surface area contributed by atoms with E-state index in [-0.39, 0.29) is 5.75 Å². The number of benzene rings is 2. The highest BCUT2D eigenvalue weighted by molar-refractivity contribution is 5.86. The zero-order valence-corrected chi connectivity index (χ0v) is 15.9. The molecule has 0 aromatic heterocycles. The van der Waals surface area contributed by atoms with E-state index >= 15 is 0 Å². The molecule has 0 saturated carbocycles. The summed E-state index contributed by atoms with van der Waals surface area (Å²) < 4.78 is 21.7. The first-order valence-corrected chi connectivity index (χ1v) is 8.63. The summed E-state index contributed by atoms with van der Waals surface area (Å²) in [6.45, 7) is 0. The summed E-state index contributed by atoms with van der Waals surface area (Å²) in [6, 6.07) is 7.04. The van der Waals surface area contributed by atoms with Gasteiger partial charge in [0.1, 0.15) is 0 Å². The molecule has 6 nitrogen and oxygen atoms in total. The minimum Gasteiger partial charge on any atom is -0.504 e. The lowest BCUT2D eigenvalue weighted by Crippen LogP contribution is -2.04. The second-order valence-electron chi connectivity index (χ2n) is 6.24. The number of phenols is 1. The van der Waals surface area contributed by atoms with Crippen LogP contribution in [0.25, 0.3) is 5.57 Å². The molecule has 0 heterocycles. The number of phenolic OH excluding ortho intramolecular Hbond substituents is 1. The number of aliphatic hydroxyl groups is 1. The van der Waals surface area contributed by atoms with Gasteiger partial charge in [0.15, 0.2) is 23.0 Å². The van der Waals surface area contributed by atoms with Gasteiger partial charge in [-0.25, -0.2) is 0 Å². The molecular formula is C21H24O6. The number of hydrogen-bond acceptors (Lipinski definition) is 6. The molecular weight excluding hydrogens is 348 g/mol. The lowest BCUT2D eigenvalue weighted by Gasteiger charge is -2.20. The van der Waals surface area contributed by atoms with Crippen molar-refractivity contribution in [3.63, 3.8) is 0 Å². The summed E-state index contributed by atoms with van der Waals surface area (Å²) in [7, 11) is 6.22. The van der Waals surface area contributed by atoms with Crippen molar-refractivity contribution >= 4 is 5.57 Å². The second kappa shape index (κ2) is 7.80. The molecule has 1 aliphatic carbocycles. The molecule has 0 fully saturated rings. The molecule has 2 aromatic rings. The SMILES string of the molecule is COc1ccc(C2=C[C@@H](O)CCc3c2cc(OC)c(OC)c3OC)cc1O. The number of aliphatic hydroxyl groups excluding tert-OH is 1. The predicted octanol–water partition coefficient (Wildman–Crippen LogP) is 3.17. The largest absolute Gasteiger partial charge is 0.504 e. The van der Waals surface area contributed by atoms with Gasteiger partial charge in [0.2, 0.25) is 5.75 Å².